The van der Waals surface area contributed by atoms with Crippen LogP contribution in [0, 0.1) is 0 Å². The first-order valence-corrected chi connectivity index (χ1v) is 6.59. The van der Waals surface area contributed by atoms with Crippen LogP contribution in [0.4, 0.5) is 0 Å². The molecule has 6 heteroatoms. The average molecular weight is 407 g/mol. The maximum Gasteiger partial charge on any atom is 0.195 e. The van der Waals surface area contributed by atoms with Crippen molar-refractivity contribution < 1.29 is 9.47 Å². The minimum absolute atomic E-state index is 0. The zero-order valence-corrected chi connectivity index (χ0v) is 16.0. The zero-order chi connectivity index (χ0) is 15.1. The van der Waals surface area contributed by atoms with Gasteiger partial charge in [-0.15, -0.1) is 24.0 Å². The van der Waals surface area contributed by atoms with Crippen molar-refractivity contribution in [3.63, 3.8) is 0 Å². The lowest BCUT2D eigenvalue weighted by Gasteiger charge is -2.22. The van der Waals surface area contributed by atoms with Gasteiger partial charge in [-0.3, -0.25) is 4.99 Å². The normalized spacial score (nSPS) is 9.43. The minimum Gasteiger partial charge on any atom is -0.493 e. The first-order valence-electron chi connectivity index (χ1n) is 6.59. The van der Waals surface area contributed by atoms with E-state index in [1.165, 1.54) is 5.56 Å². The lowest BCUT2D eigenvalue weighted by molar-refractivity contribution is 0.354. The number of ether oxygens (including phenoxy) is 2. The molecule has 0 spiro atoms. The molecule has 0 saturated carbocycles. The molecule has 0 fully saturated rings. The van der Waals surface area contributed by atoms with Crippen LogP contribution < -0.4 is 9.47 Å². The van der Waals surface area contributed by atoms with Crippen molar-refractivity contribution in [1.82, 2.24) is 9.80 Å². The average Bonchev–Trinajstić information content (AvgIpc) is 2.42. The smallest absolute Gasteiger partial charge is 0.195 e. The highest BCUT2D eigenvalue weighted by Gasteiger charge is 2.06. The van der Waals surface area contributed by atoms with E-state index in [-0.39, 0.29) is 24.0 Å². The molecule has 0 saturated heterocycles. The van der Waals surface area contributed by atoms with Crippen LogP contribution in [0.15, 0.2) is 23.2 Å². The molecule has 0 aliphatic heterocycles. The lowest BCUT2D eigenvalue weighted by atomic mass is 10.1. The summed E-state index contributed by atoms with van der Waals surface area (Å²) in [6.45, 7) is 0.737. The number of rotatable bonds is 5. The van der Waals surface area contributed by atoms with Crippen molar-refractivity contribution in [3.05, 3.63) is 23.8 Å². The second kappa shape index (κ2) is 9.70. The topological polar surface area (TPSA) is 37.3 Å². The third-order valence-electron chi connectivity index (χ3n) is 2.90. The highest BCUT2D eigenvalue weighted by atomic mass is 127. The monoisotopic (exact) mass is 407 g/mol. The fourth-order valence-electron chi connectivity index (χ4n) is 2.00. The number of hydrogen-bond acceptors (Lipinski definition) is 3. The molecule has 1 aromatic carbocycles. The van der Waals surface area contributed by atoms with Gasteiger partial charge in [-0.25, -0.2) is 0 Å². The number of aliphatic imine (C=N–C) groups is 1. The summed E-state index contributed by atoms with van der Waals surface area (Å²) in [5.74, 6) is 2.47. The van der Waals surface area contributed by atoms with Crippen LogP contribution in [0.2, 0.25) is 0 Å². The summed E-state index contributed by atoms with van der Waals surface area (Å²) in [6, 6.07) is 5.97. The van der Waals surface area contributed by atoms with Gasteiger partial charge in [0.1, 0.15) is 0 Å². The maximum atomic E-state index is 5.30. The molecule has 0 radical (unpaired) electrons. The van der Waals surface area contributed by atoms with Crippen molar-refractivity contribution in [3.8, 4) is 11.5 Å². The Kier molecular flexibility index (Phi) is 9.16. The molecule has 1 rings (SSSR count). The van der Waals surface area contributed by atoms with Gasteiger partial charge in [-0.2, -0.15) is 0 Å². The quantitative estimate of drug-likeness (QED) is 0.427. The fourth-order valence-corrected chi connectivity index (χ4v) is 2.00. The van der Waals surface area contributed by atoms with E-state index in [2.05, 4.69) is 4.99 Å². The third-order valence-corrected chi connectivity index (χ3v) is 2.90. The fraction of sp³-hybridized carbons (Fsp3) is 0.533. The molecule has 120 valence electrons. The van der Waals surface area contributed by atoms with Gasteiger partial charge in [-0.1, -0.05) is 6.07 Å². The summed E-state index contributed by atoms with van der Waals surface area (Å²) < 4.78 is 10.5. The van der Waals surface area contributed by atoms with E-state index in [9.17, 15) is 0 Å². The molecule has 0 amide bonds. The Hall–Kier alpha value is -1.18. The van der Waals surface area contributed by atoms with E-state index in [0.717, 1.165) is 30.4 Å². The molecule has 0 N–H and O–H groups in total. The Balaban J connectivity index is 0.00000400. The maximum absolute atomic E-state index is 5.30. The molecule has 0 heterocycles. The number of guanidine groups is 1. The number of hydrogen-bond donors (Lipinski definition) is 0. The van der Waals surface area contributed by atoms with Gasteiger partial charge in [0.15, 0.2) is 17.5 Å². The molecule has 0 unspecified atom stereocenters. The number of methoxy groups -OCH3 is 2. The van der Waals surface area contributed by atoms with Gasteiger partial charge in [0.2, 0.25) is 0 Å². The molecule has 5 nitrogen and oxygen atoms in total. The highest BCUT2D eigenvalue weighted by molar-refractivity contribution is 14.0. The van der Waals surface area contributed by atoms with Gasteiger partial charge in [0, 0.05) is 34.7 Å². The second-order valence-electron chi connectivity index (χ2n) is 4.91. The molecule has 21 heavy (non-hydrogen) atoms. The van der Waals surface area contributed by atoms with Gasteiger partial charge in [-0.05, 0) is 24.1 Å². The van der Waals surface area contributed by atoms with Crippen LogP contribution in [0.5, 0.6) is 11.5 Å². The van der Waals surface area contributed by atoms with E-state index >= 15 is 0 Å². The van der Waals surface area contributed by atoms with Crippen molar-refractivity contribution in [2.45, 2.75) is 6.42 Å². The van der Waals surface area contributed by atoms with Crippen LogP contribution >= 0.6 is 24.0 Å². The van der Waals surface area contributed by atoms with Crippen LogP contribution in [0.25, 0.3) is 0 Å². The highest BCUT2D eigenvalue weighted by Crippen LogP contribution is 2.27. The summed E-state index contributed by atoms with van der Waals surface area (Å²) in [7, 11) is 11.3. The molecular formula is C15H26IN3O2. The van der Waals surface area contributed by atoms with Gasteiger partial charge < -0.3 is 19.3 Å². The number of halogens is 1. The zero-order valence-electron chi connectivity index (χ0n) is 13.7. The first kappa shape index (κ1) is 19.8. The van der Waals surface area contributed by atoms with E-state index in [1.807, 2.05) is 56.2 Å². The summed E-state index contributed by atoms with van der Waals surface area (Å²) in [6.07, 6.45) is 0.867. The standard InChI is InChI=1S/C15H25N3O2.HI/c1-17(2)15(18(3)4)16-10-9-12-7-8-13(19-5)14(11-12)20-6;/h7-8,11H,9-10H2,1-6H3;1H. The third kappa shape index (κ3) is 5.99. The Bertz CT molecular complexity index is 452. The van der Waals surface area contributed by atoms with Crippen molar-refractivity contribution in [2.75, 3.05) is 49.0 Å². The second-order valence-corrected chi connectivity index (χ2v) is 4.91. The van der Waals surface area contributed by atoms with E-state index in [0.29, 0.717) is 0 Å². The molecule has 0 aromatic heterocycles. The summed E-state index contributed by atoms with van der Waals surface area (Å²) in [5, 5.41) is 0. The van der Waals surface area contributed by atoms with Crippen molar-refractivity contribution >= 4 is 29.9 Å². The first-order chi connectivity index (χ1) is 9.49. The Morgan fingerprint density at radius 3 is 2.05 bits per heavy atom. The molecular weight excluding hydrogens is 381 g/mol. The van der Waals surface area contributed by atoms with E-state index in [1.54, 1.807) is 14.2 Å². The Morgan fingerprint density at radius 1 is 1.00 bits per heavy atom. The summed E-state index contributed by atoms with van der Waals surface area (Å²) in [5.41, 5.74) is 1.18. The lowest BCUT2D eigenvalue weighted by Crippen LogP contribution is -2.35. The molecule has 0 aliphatic rings. The van der Waals surface area contributed by atoms with Crippen molar-refractivity contribution in [2.24, 2.45) is 4.99 Å². The predicted molar refractivity (Wildman–Crippen MR) is 98.3 cm³/mol. The molecule has 0 bridgehead atoms. The minimum atomic E-state index is 0. The van der Waals surface area contributed by atoms with Crippen molar-refractivity contribution in [1.29, 1.82) is 0 Å². The Morgan fingerprint density at radius 2 is 1.57 bits per heavy atom. The largest absolute Gasteiger partial charge is 0.493 e. The SMILES string of the molecule is COc1ccc(CCN=C(N(C)C)N(C)C)cc1OC.I. The van der Waals surface area contributed by atoms with E-state index in [4.69, 9.17) is 9.47 Å². The molecule has 1 aromatic rings. The summed E-state index contributed by atoms with van der Waals surface area (Å²) >= 11 is 0. The number of nitrogens with zero attached hydrogens (tertiary/aromatic N) is 3. The van der Waals surface area contributed by atoms with Gasteiger partial charge >= 0.3 is 0 Å². The van der Waals surface area contributed by atoms with Gasteiger partial charge in [0.05, 0.1) is 14.2 Å². The Labute approximate surface area is 145 Å². The van der Waals surface area contributed by atoms with Crippen LogP contribution in [-0.4, -0.2) is 64.7 Å². The summed E-state index contributed by atoms with van der Waals surface area (Å²) in [4.78, 5) is 8.63. The predicted octanol–water partition coefficient (Wildman–Crippen LogP) is 2.34. The van der Waals surface area contributed by atoms with Crippen LogP contribution in [-0.2, 0) is 6.42 Å². The van der Waals surface area contributed by atoms with Gasteiger partial charge in [0.25, 0.3) is 0 Å². The van der Waals surface area contributed by atoms with Crippen LogP contribution in [0.1, 0.15) is 5.56 Å². The molecule has 0 atom stereocenters. The molecule has 0 aliphatic carbocycles. The van der Waals surface area contributed by atoms with Crippen LogP contribution in [0.3, 0.4) is 0 Å². The van der Waals surface area contributed by atoms with E-state index < -0.39 is 0 Å². The number of benzene rings is 1.